The number of allylic oxidation sites excluding steroid dienone is 1. The zero-order valence-electron chi connectivity index (χ0n) is 22.0. The smallest absolute Gasteiger partial charge is 0.439 e. The molecule has 0 saturated carbocycles. The van der Waals surface area contributed by atoms with Gasteiger partial charge in [-0.3, -0.25) is 9.51 Å². The number of hydrogen-bond acceptors (Lipinski definition) is 6. The van der Waals surface area contributed by atoms with Gasteiger partial charge >= 0.3 is 5.76 Å². The standard InChI is InChI=1S/C30H27FN4O4/c1-16(2)27-23(35-11-5-6-24(37-4)29(35)32-27)13-18-7-9-21-19(12-18)15-38-25-14-20(31)8-10-22(25)26(21)17(3)28-33-30(36)39-34-28/h5-12,14,16H,13,15H2,1-4H3,(H,33,34,36)/b26-17+. The lowest BCUT2D eigenvalue weighted by molar-refractivity contribution is 0.305. The minimum Gasteiger partial charge on any atom is -0.493 e. The Hall–Kier alpha value is -4.66. The van der Waals surface area contributed by atoms with Gasteiger partial charge in [-0.1, -0.05) is 37.2 Å². The summed E-state index contributed by atoms with van der Waals surface area (Å²) >= 11 is 0. The van der Waals surface area contributed by atoms with Crippen molar-refractivity contribution in [2.24, 2.45) is 0 Å². The third-order valence-corrected chi connectivity index (χ3v) is 7.09. The fraction of sp³-hybridized carbons (Fsp3) is 0.233. The van der Waals surface area contributed by atoms with Crippen molar-refractivity contribution in [2.45, 2.75) is 39.7 Å². The van der Waals surface area contributed by atoms with E-state index in [9.17, 15) is 9.18 Å². The molecule has 3 aromatic heterocycles. The zero-order valence-corrected chi connectivity index (χ0v) is 22.0. The van der Waals surface area contributed by atoms with Gasteiger partial charge in [0.1, 0.15) is 18.2 Å². The summed E-state index contributed by atoms with van der Waals surface area (Å²) in [5, 5.41) is 3.89. The predicted molar refractivity (Wildman–Crippen MR) is 145 cm³/mol. The Balaban J connectivity index is 1.49. The molecule has 0 amide bonds. The van der Waals surface area contributed by atoms with Crippen molar-refractivity contribution >= 4 is 16.8 Å². The van der Waals surface area contributed by atoms with Crippen LogP contribution in [0.3, 0.4) is 0 Å². The largest absolute Gasteiger partial charge is 0.493 e. The number of hydrogen-bond donors (Lipinski definition) is 1. The minimum atomic E-state index is -0.643. The van der Waals surface area contributed by atoms with Gasteiger partial charge in [0.2, 0.25) is 0 Å². The molecule has 8 nitrogen and oxygen atoms in total. The van der Waals surface area contributed by atoms with Crippen LogP contribution >= 0.6 is 0 Å². The highest BCUT2D eigenvalue weighted by Crippen LogP contribution is 2.41. The number of ether oxygens (including phenoxy) is 2. The second-order valence-electron chi connectivity index (χ2n) is 9.91. The van der Waals surface area contributed by atoms with E-state index in [0.29, 0.717) is 29.1 Å². The summed E-state index contributed by atoms with van der Waals surface area (Å²) in [6.45, 7) is 6.36. The van der Waals surface area contributed by atoms with E-state index in [1.807, 2.05) is 31.3 Å². The Kier molecular flexibility index (Phi) is 6.06. The number of rotatable bonds is 5. The van der Waals surface area contributed by atoms with Gasteiger partial charge in [-0.05, 0) is 59.4 Å². The number of aromatic nitrogens is 4. The van der Waals surface area contributed by atoms with E-state index in [0.717, 1.165) is 45.0 Å². The lowest BCUT2D eigenvalue weighted by Crippen LogP contribution is -2.03. The number of methoxy groups -OCH3 is 1. The first-order chi connectivity index (χ1) is 18.8. The molecular formula is C30H27FN4O4. The summed E-state index contributed by atoms with van der Waals surface area (Å²) in [7, 11) is 1.65. The summed E-state index contributed by atoms with van der Waals surface area (Å²) in [6, 6.07) is 14.6. The molecule has 0 bridgehead atoms. The number of nitrogens with zero attached hydrogens (tertiary/aromatic N) is 3. The number of H-pyrrole nitrogens is 1. The summed E-state index contributed by atoms with van der Waals surface area (Å²) in [5.41, 5.74) is 7.99. The molecule has 0 saturated heterocycles. The average Bonchev–Trinajstić information content (AvgIpc) is 3.48. The third-order valence-electron chi connectivity index (χ3n) is 7.09. The van der Waals surface area contributed by atoms with Crippen molar-refractivity contribution in [3.63, 3.8) is 0 Å². The van der Waals surface area contributed by atoms with Crippen molar-refractivity contribution in [3.05, 3.63) is 111 Å². The number of aromatic amines is 1. The fourth-order valence-corrected chi connectivity index (χ4v) is 5.26. The van der Waals surface area contributed by atoms with Crippen LogP contribution in [-0.4, -0.2) is 26.6 Å². The van der Waals surface area contributed by atoms with Crippen LogP contribution in [0.2, 0.25) is 0 Å². The van der Waals surface area contributed by atoms with Crippen molar-refractivity contribution in [3.8, 4) is 11.5 Å². The third kappa shape index (κ3) is 4.29. The molecule has 0 radical (unpaired) electrons. The molecular weight excluding hydrogens is 499 g/mol. The highest BCUT2D eigenvalue weighted by Gasteiger charge is 2.25. The van der Waals surface area contributed by atoms with Gasteiger partial charge in [0, 0.05) is 29.8 Å². The van der Waals surface area contributed by atoms with Crippen LogP contribution in [0.15, 0.2) is 64.0 Å². The number of halogens is 1. The first kappa shape index (κ1) is 24.7. The molecule has 1 N–H and O–H groups in total. The van der Waals surface area contributed by atoms with Crippen molar-refractivity contribution in [1.29, 1.82) is 0 Å². The van der Waals surface area contributed by atoms with Gasteiger partial charge in [0.15, 0.2) is 17.2 Å². The zero-order chi connectivity index (χ0) is 27.3. The Labute approximate surface area is 223 Å². The van der Waals surface area contributed by atoms with Crippen LogP contribution in [0, 0.1) is 5.82 Å². The summed E-state index contributed by atoms with van der Waals surface area (Å²) < 4.78 is 32.7. The molecule has 0 fully saturated rings. The van der Waals surface area contributed by atoms with E-state index < -0.39 is 11.6 Å². The lowest BCUT2D eigenvalue weighted by Gasteiger charge is -2.15. The first-order valence-corrected chi connectivity index (χ1v) is 12.7. The molecule has 0 spiro atoms. The maximum absolute atomic E-state index is 14.2. The highest BCUT2D eigenvalue weighted by atomic mass is 19.1. The maximum Gasteiger partial charge on any atom is 0.439 e. The van der Waals surface area contributed by atoms with Gasteiger partial charge < -0.3 is 13.9 Å². The summed E-state index contributed by atoms with van der Waals surface area (Å²) in [4.78, 5) is 19.2. The van der Waals surface area contributed by atoms with Crippen LogP contribution in [0.25, 0.3) is 16.8 Å². The molecule has 5 aromatic rings. The Morgan fingerprint density at radius 2 is 2.00 bits per heavy atom. The summed E-state index contributed by atoms with van der Waals surface area (Å²) in [6.07, 6.45) is 2.65. The highest BCUT2D eigenvalue weighted by molar-refractivity contribution is 5.99. The van der Waals surface area contributed by atoms with Crippen LogP contribution in [0.4, 0.5) is 4.39 Å². The molecule has 6 rings (SSSR count). The number of nitrogens with one attached hydrogen (secondary N) is 1. The molecule has 0 unspecified atom stereocenters. The molecule has 2 aromatic carbocycles. The monoisotopic (exact) mass is 526 g/mol. The quantitative estimate of drug-likeness (QED) is 0.314. The van der Waals surface area contributed by atoms with Crippen LogP contribution in [0.5, 0.6) is 11.5 Å². The van der Waals surface area contributed by atoms with Crippen molar-refractivity contribution < 1.29 is 18.4 Å². The molecule has 1 aliphatic rings. The number of fused-ring (bicyclic) bond motifs is 3. The molecule has 0 aliphatic carbocycles. The fourth-order valence-electron chi connectivity index (χ4n) is 5.26. The Morgan fingerprint density at radius 3 is 2.74 bits per heavy atom. The van der Waals surface area contributed by atoms with E-state index in [2.05, 4.69) is 40.5 Å². The van der Waals surface area contributed by atoms with Gasteiger partial charge in [0.05, 0.1) is 18.5 Å². The number of benzene rings is 2. The topological polar surface area (TPSA) is 94.6 Å². The molecule has 0 atom stereocenters. The van der Waals surface area contributed by atoms with E-state index in [1.165, 1.54) is 12.1 Å². The van der Waals surface area contributed by atoms with Gasteiger partial charge in [-0.2, -0.15) is 0 Å². The Bertz CT molecular complexity index is 1810. The van der Waals surface area contributed by atoms with E-state index >= 15 is 0 Å². The van der Waals surface area contributed by atoms with Crippen molar-refractivity contribution in [1.82, 2.24) is 19.5 Å². The predicted octanol–water partition coefficient (Wildman–Crippen LogP) is 5.74. The van der Waals surface area contributed by atoms with E-state index in [1.54, 1.807) is 13.2 Å². The normalized spacial score (nSPS) is 14.1. The molecule has 1 aliphatic heterocycles. The molecule has 39 heavy (non-hydrogen) atoms. The van der Waals surface area contributed by atoms with E-state index in [-0.39, 0.29) is 12.5 Å². The Morgan fingerprint density at radius 1 is 1.18 bits per heavy atom. The second-order valence-corrected chi connectivity index (χ2v) is 9.91. The molecule has 4 heterocycles. The molecule has 9 heteroatoms. The van der Waals surface area contributed by atoms with Crippen LogP contribution < -0.4 is 15.2 Å². The van der Waals surface area contributed by atoms with Crippen molar-refractivity contribution in [2.75, 3.05) is 7.11 Å². The maximum atomic E-state index is 14.2. The van der Waals surface area contributed by atoms with Crippen LogP contribution in [-0.2, 0) is 13.0 Å². The average molecular weight is 527 g/mol. The number of imidazole rings is 1. The van der Waals surface area contributed by atoms with Gasteiger partial charge in [0.25, 0.3) is 0 Å². The van der Waals surface area contributed by atoms with Crippen LogP contribution in [0.1, 0.15) is 66.2 Å². The number of pyridine rings is 1. The minimum absolute atomic E-state index is 0.222. The summed E-state index contributed by atoms with van der Waals surface area (Å²) in [5.74, 6) is 0.640. The lowest BCUT2D eigenvalue weighted by atomic mass is 9.89. The van der Waals surface area contributed by atoms with E-state index in [4.69, 9.17) is 19.0 Å². The van der Waals surface area contributed by atoms with Gasteiger partial charge in [-0.15, -0.1) is 0 Å². The van der Waals surface area contributed by atoms with Gasteiger partial charge in [-0.25, -0.2) is 14.2 Å². The molecule has 198 valence electrons. The first-order valence-electron chi connectivity index (χ1n) is 12.7. The second kappa shape index (κ2) is 9.58. The SMILES string of the molecule is COc1cccn2c(Cc3ccc4c(c3)COc3cc(F)ccc3/C4=C(\C)c3noc(=O)[nH]3)c(C(C)C)nc12.